The van der Waals surface area contributed by atoms with Crippen molar-refractivity contribution >= 4 is 43.5 Å². The Morgan fingerprint density at radius 3 is 2.68 bits per heavy atom. The van der Waals surface area contributed by atoms with Crippen LogP contribution < -0.4 is 0 Å². The topological polar surface area (TPSA) is 35.0 Å². The van der Waals surface area contributed by atoms with Crippen LogP contribution in [0.2, 0.25) is 5.15 Å². The molecule has 0 unspecified atom stereocenters. The van der Waals surface area contributed by atoms with E-state index in [2.05, 4.69) is 41.8 Å². The molecule has 0 amide bonds. The quantitative estimate of drug-likeness (QED) is 0.694. The molecule has 0 aliphatic carbocycles. The molecule has 1 aromatic carbocycles. The van der Waals surface area contributed by atoms with Gasteiger partial charge in [-0.25, -0.2) is 14.4 Å². The number of nitrogens with zero attached hydrogens (tertiary/aromatic N) is 2. The molecule has 0 saturated carbocycles. The van der Waals surface area contributed by atoms with Crippen molar-refractivity contribution in [3.63, 3.8) is 0 Å². The third-order valence-electron chi connectivity index (χ3n) is 2.34. The highest BCUT2D eigenvalue weighted by Crippen LogP contribution is 2.29. The lowest BCUT2D eigenvalue weighted by Crippen LogP contribution is -2.00. The second kappa shape index (κ2) is 6.26. The highest BCUT2D eigenvalue weighted by molar-refractivity contribution is 9.10. The van der Waals surface area contributed by atoms with Crippen LogP contribution in [0.5, 0.6) is 0 Å². The van der Waals surface area contributed by atoms with E-state index in [1.165, 1.54) is 6.07 Å². The molecular formula is C12H8Br2ClFN2O. The Hall–Kier alpha value is -0.560. The Bertz CT molecular complexity index is 625. The van der Waals surface area contributed by atoms with Crippen molar-refractivity contribution in [2.45, 2.75) is 6.61 Å². The second-order valence-corrected chi connectivity index (χ2v) is 5.67. The average Bonchev–Trinajstić information content (AvgIpc) is 2.38. The molecule has 19 heavy (non-hydrogen) atoms. The van der Waals surface area contributed by atoms with E-state index in [0.29, 0.717) is 32.6 Å². The number of hydrogen-bond donors (Lipinski definition) is 0. The van der Waals surface area contributed by atoms with Gasteiger partial charge in [0.25, 0.3) is 0 Å². The number of methoxy groups -OCH3 is 1. The molecule has 7 heteroatoms. The monoisotopic (exact) mass is 408 g/mol. The van der Waals surface area contributed by atoms with Gasteiger partial charge in [-0.1, -0.05) is 11.6 Å². The van der Waals surface area contributed by atoms with Crippen molar-refractivity contribution < 1.29 is 9.13 Å². The van der Waals surface area contributed by atoms with Crippen LogP contribution in [-0.2, 0) is 11.3 Å². The van der Waals surface area contributed by atoms with E-state index in [9.17, 15) is 4.39 Å². The van der Waals surface area contributed by atoms with Crippen LogP contribution in [0.3, 0.4) is 0 Å². The van der Waals surface area contributed by atoms with Crippen molar-refractivity contribution in [1.29, 1.82) is 0 Å². The molecular weight excluding hydrogens is 402 g/mol. The number of aromatic nitrogens is 2. The molecule has 0 aliphatic heterocycles. The maximum atomic E-state index is 13.2. The molecule has 2 aromatic rings. The van der Waals surface area contributed by atoms with Gasteiger partial charge >= 0.3 is 0 Å². The van der Waals surface area contributed by atoms with Gasteiger partial charge in [0, 0.05) is 12.7 Å². The van der Waals surface area contributed by atoms with Crippen molar-refractivity contribution in [2.24, 2.45) is 0 Å². The van der Waals surface area contributed by atoms with E-state index >= 15 is 0 Å². The molecule has 2 rings (SSSR count). The first kappa shape index (κ1) is 14.8. The maximum Gasteiger partial charge on any atom is 0.161 e. The van der Waals surface area contributed by atoms with Crippen molar-refractivity contribution in [3.8, 4) is 11.4 Å². The van der Waals surface area contributed by atoms with Gasteiger partial charge in [0.2, 0.25) is 0 Å². The van der Waals surface area contributed by atoms with E-state index < -0.39 is 0 Å². The first-order valence-electron chi connectivity index (χ1n) is 5.19. The first-order chi connectivity index (χ1) is 9.02. The minimum Gasteiger partial charge on any atom is -0.378 e. The number of hydrogen-bond acceptors (Lipinski definition) is 3. The van der Waals surface area contributed by atoms with Gasteiger partial charge in [-0.05, 0) is 50.1 Å². The summed E-state index contributed by atoms with van der Waals surface area (Å²) in [5.74, 6) is 0.0741. The van der Waals surface area contributed by atoms with E-state index in [1.807, 2.05) is 0 Å². The molecule has 0 atom stereocenters. The van der Waals surface area contributed by atoms with Gasteiger partial charge in [0.15, 0.2) is 5.82 Å². The molecule has 0 aliphatic rings. The van der Waals surface area contributed by atoms with E-state index in [4.69, 9.17) is 16.3 Å². The fourth-order valence-electron chi connectivity index (χ4n) is 1.46. The lowest BCUT2D eigenvalue weighted by molar-refractivity contribution is 0.181. The van der Waals surface area contributed by atoms with Gasteiger partial charge in [0.05, 0.1) is 21.2 Å². The zero-order valence-electron chi connectivity index (χ0n) is 9.75. The molecule has 0 N–H and O–H groups in total. The summed E-state index contributed by atoms with van der Waals surface area (Å²) in [5, 5.41) is 0.289. The first-order valence-corrected chi connectivity index (χ1v) is 7.15. The molecule has 0 spiro atoms. The van der Waals surface area contributed by atoms with E-state index in [-0.39, 0.29) is 11.0 Å². The van der Waals surface area contributed by atoms with Gasteiger partial charge in [0.1, 0.15) is 11.0 Å². The highest BCUT2D eigenvalue weighted by Gasteiger charge is 2.13. The zero-order valence-corrected chi connectivity index (χ0v) is 13.7. The molecule has 0 radical (unpaired) electrons. The summed E-state index contributed by atoms with van der Waals surface area (Å²) >= 11 is 12.5. The van der Waals surface area contributed by atoms with Crippen molar-refractivity contribution in [3.05, 3.63) is 43.8 Å². The summed E-state index contributed by atoms with van der Waals surface area (Å²) in [6, 6.07) is 4.54. The molecule has 0 fully saturated rings. The van der Waals surface area contributed by atoms with E-state index in [1.54, 1.807) is 19.2 Å². The van der Waals surface area contributed by atoms with Crippen LogP contribution in [0, 0.1) is 5.82 Å². The van der Waals surface area contributed by atoms with Crippen LogP contribution in [0.1, 0.15) is 5.69 Å². The third kappa shape index (κ3) is 3.31. The Balaban J connectivity index is 2.52. The molecule has 1 heterocycles. The van der Waals surface area contributed by atoms with Crippen LogP contribution in [0.4, 0.5) is 4.39 Å². The Morgan fingerprint density at radius 1 is 1.32 bits per heavy atom. The lowest BCUT2D eigenvalue weighted by Gasteiger charge is -2.08. The lowest BCUT2D eigenvalue weighted by atomic mass is 10.2. The standard InChI is InChI=1S/C12H8Br2ClFN2O/c1-19-5-9-10(14)11(15)18-12(17-9)6-2-3-8(16)7(13)4-6/h2-4H,5H2,1H3. The summed E-state index contributed by atoms with van der Waals surface area (Å²) in [6.07, 6.45) is 0. The summed E-state index contributed by atoms with van der Waals surface area (Å²) in [4.78, 5) is 8.52. The number of benzene rings is 1. The Labute approximate surface area is 131 Å². The van der Waals surface area contributed by atoms with Crippen LogP contribution in [-0.4, -0.2) is 17.1 Å². The fraction of sp³-hybridized carbons (Fsp3) is 0.167. The van der Waals surface area contributed by atoms with Crippen LogP contribution in [0.25, 0.3) is 11.4 Å². The maximum absolute atomic E-state index is 13.2. The molecule has 0 saturated heterocycles. The predicted molar refractivity (Wildman–Crippen MR) is 78.5 cm³/mol. The minimum absolute atomic E-state index is 0.289. The van der Waals surface area contributed by atoms with Crippen LogP contribution >= 0.6 is 43.5 Å². The molecule has 0 bridgehead atoms. The highest BCUT2D eigenvalue weighted by atomic mass is 79.9. The normalized spacial score (nSPS) is 10.8. The number of ether oxygens (including phenoxy) is 1. The molecule has 100 valence electrons. The zero-order chi connectivity index (χ0) is 14.0. The minimum atomic E-state index is -0.343. The second-order valence-electron chi connectivity index (χ2n) is 3.66. The summed E-state index contributed by atoms with van der Waals surface area (Å²) < 4.78 is 19.2. The average molecular weight is 410 g/mol. The Kier molecular flexibility index (Phi) is 4.89. The predicted octanol–water partition coefficient (Wildman–Crippen LogP) is 4.61. The van der Waals surface area contributed by atoms with Gasteiger partial charge < -0.3 is 4.74 Å². The summed E-state index contributed by atoms with van der Waals surface area (Å²) in [7, 11) is 1.57. The number of rotatable bonds is 3. The van der Waals surface area contributed by atoms with Gasteiger partial charge in [-0.15, -0.1) is 0 Å². The number of halogens is 4. The van der Waals surface area contributed by atoms with Crippen LogP contribution in [0.15, 0.2) is 27.1 Å². The third-order valence-corrected chi connectivity index (χ3v) is 4.28. The summed E-state index contributed by atoms with van der Waals surface area (Å²) in [5.41, 5.74) is 1.30. The summed E-state index contributed by atoms with van der Waals surface area (Å²) in [6.45, 7) is 0.304. The van der Waals surface area contributed by atoms with Gasteiger partial charge in [-0.3, -0.25) is 0 Å². The van der Waals surface area contributed by atoms with Crippen molar-refractivity contribution in [1.82, 2.24) is 9.97 Å². The van der Waals surface area contributed by atoms with Crippen molar-refractivity contribution in [2.75, 3.05) is 7.11 Å². The van der Waals surface area contributed by atoms with Gasteiger partial charge in [-0.2, -0.15) is 0 Å². The largest absolute Gasteiger partial charge is 0.378 e. The Morgan fingerprint density at radius 2 is 2.05 bits per heavy atom. The van der Waals surface area contributed by atoms with E-state index in [0.717, 1.165) is 0 Å². The SMILES string of the molecule is COCc1nc(-c2ccc(F)c(Br)c2)nc(Cl)c1Br. The fourth-order valence-corrected chi connectivity index (χ4v) is 2.32. The molecule has 3 nitrogen and oxygen atoms in total. The smallest absolute Gasteiger partial charge is 0.161 e. The molecule has 1 aromatic heterocycles.